The van der Waals surface area contributed by atoms with Crippen molar-refractivity contribution in [2.45, 2.75) is 25.7 Å². The van der Waals surface area contributed by atoms with Crippen molar-refractivity contribution in [2.75, 3.05) is 0 Å². The van der Waals surface area contributed by atoms with E-state index < -0.39 is 0 Å². The summed E-state index contributed by atoms with van der Waals surface area (Å²) in [7, 11) is 0. The molecule has 0 saturated carbocycles. The largest absolute Gasteiger partial charge is 0.299 e. The highest BCUT2D eigenvalue weighted by molar-refractivity contribution is 7.09. The van der Waals surface area contributed by atoms with Gasteiger partial charge in [0.2, 0.25) is 0 Å². The van der Waals surface area contributed by atoms with Gasteiger partial charge < -0.3 is 0 Å². The first kappa shape index (κ1) is 10.0. The highest BCUT2D eigenvalue weighted by Gasteiger charge is 2.00. The molecule has 1 aromatic heterocycles. The van der Waals surface area contributed by atoms with Gasteiger partial charge in [0.25, 0.3) is 0 Å². The summed E-state index contributed by atoms with van der Waals surface area (Å²) in [5, 5.41) is 2.05. The summed E-state index contributed by atoms with van der Waals surface area (Å²) in [6.45, 7) is 0. The zero-order valence-corrected chi connectivity index (χ0v) is 8.27. The molecule has 0 aliphatic carbocycles. The van der Waals surface area contributed by atoms with Gasteiger partial charge in [0.15, 0.2) is 0 Å². The molecular weight excluding hydrogens is 180 g/mol. The summed E-state index contributed by atoms with van der Waals surface area (Å²) in [4.78, 5) is 12.4. The van der Waals surface area contributed by atoms with Gasteiger partial charge in [-0.2, -0.15) is 0 Å². The third-order valence-corrected chi connectivity index (χ3v) is 2.69. The second-order valence-electron chi connectivity index (χ2n) is 2.85. The first-order valence-electron chi connectivity index (χ1n) is 4.30. The maximum atomic E-state index is 11.0. The first-order chi connectivity index (χ1) is 6.33. The van der Waals surface area contributed by atoms with Crippen LogP contribution in [0.2, 0.25) is 0 Å². The molecule has 0 bridgehead atoms. The van der Waals surface area contributed by atoms with Gasteiger partial charge in [-0.05, 0) is 24.3 Å². The standard InChI is InChI=1S/C11H12OS/c1-2-5-10(12)6-3-7-11-8-4-9-13-11/h1,4,8-9H,3,5-7H2. The summed E-state index contributed by atoms with van der Waals surface area (Å²) >= 11 is 1.74. The predicted molar refractivity (Wildman–Crippen MR) is 55.7 cm³/mol. The molecule has 0 aromatic carbocycles. The number of carbonyl (C=O) groups excluding carboxylic acids is 1. The van der Waals surface area contributed by atoms with E-state index in [1.807, 2.05) is 6.07 Å². The highest BCUT2D eigenvalue weighted by Crippen LogP contribution is 2.12. The van der Waals surface area contributed by atoms with Gasteiger partial charge in [-0.1, -0.05) is 12.0 Å². The Bertz CT molecular complexity index is 292. The van der Waals surface area contributed by atoms with E-state index in [-0.39, 0.29) is 12.2 Å². The lowest BCUT2D eigenvalue weighted by molar-refractivity contribution is -0.118. The minimum atomic E-state index is 0.180. The first-order valence-corrected chi connectivity index (χ1v) is 5.18. The molecule has 1 aromatic rings. The van der Waals surface area contributed by atoms with E-state index in [0.717, 1.165) is 12.8 Å². The third kappa shape index (κ3) is 3.91. The van der Waals surface area contributed by atoms with Crippen LogP contribution in [0.15, 0.2) is 17.5 Å². The third-order valence-electron chi connectivity index (χ3n) is 1.76. The van der Waals surface area contributed by atoms with Crippen LogP contribution in [0.1, 0.15) is 24.1 Å². The van der Waals surface area contributed by atoms with Crippen LogP contribution < -0.4 is 0 Å². The fourth-order valence-electron chi connectivity index (χ4n) is 1.12. The summed E-state index contributed by atoms with van der Waals surface area (Å²) in [5.74, 6) is 2.54. The van der Waals surface area contributed by atoms with Gasteiger partial charge in [0.05, 0.1) is 6.42 Å². The Morgan fingerprint density at radius 3 is 3.08 bits per heavy atom. The minimum absolute atomic E-state index is 0.180. The lowest BCUT2D eigenvalue weighted by Gasteiger charge is -1.95. The normalized spacial score (nSPS) is 9.46. The molecule has 0 saturated heterocycles. The van der Waals surface area contributed by atoms with E-state index in [4.69, 9.17) is 6.42 Å². The molecule has 1 nitrogen and oxygen atoms in total. The summed E-state index contributed by atoms with van der Waals surface area (Å²) < 4.78 is 0. The molecule has 0 aliphatic rings. The number of carbonyl (C=O) groups is 1. The molecule has 0 N–H and O–H groups in total. The zero-order chi connectivity index (χ0) is 9.52. The number of thiophene rings is 1. The molecular formula is C11H12OS. The van der Waals surface area contributed by atoms with Crippen molar-refractivity contribution in [3.05, 3.63) is 22.4 Å². The molecule has 0 amide bonds. The molecule has 0 aliphatic heterocycles. The van der Waals surface area contributed by atoms with Crippen molar-refractivity contribution >= 4 is 17.1 Å². The topological polar surface area (TPSA) is 17.1 Å². The maximum absolute atomic E-state index is 11.0. The molecule has 0 atom stereocenters. The quantitative estimate of drug-likeness (QED) is 0.655. The number of terminal acetylenes is 1. The molecule has 2 heteroatoms. The number of hydrogen-bond donors (Lipinski definition) is 0. The van der Waals surface area contributed by atoms with Gasteiger partial charge in [0.1, 0.15) is 5.78 Å². The van der Waals surface area contributed by atoms with Crippen molar-refractivity contribution in [2.24, 2.45) is 0 Å². The van der Waals surface area contributed by atoms with Crippen molar-refractivity contribution in [3.8, 4) is 12.3 Å². The summed E-state index contributed by atoms with van der Waals surface area (Å²) in [6, 6.07) is 4.12. The molecule has 1 heterocycles. The molecule has 13 heavy (non-hydrogen) atoms. The zero-order valence-electron chi connectivity index (χ0n) is 7.45. The van der Waals surface area contributed by atoms with E-state index in [0.29, 0.717) is 6.42 Å². The molecule has 1 rings (SSSR count). The number of aryl methyl sites for hydroxylation is 1. The molecule has 0 fully saturated rings. The van der Waals surface area contributed by atoms with Gasteiger partial charge in [-0.25, -0.2) is 0 Å². The van der Waals surface area contributed by atoms with E-state index in [2.05, 4.69) is 17.4 Å². The van der Waals surface area contributed by atoms with Crippen LogP contribution in [-0.4, -0.2) is 5.78 Å². The second-order valence-corrected chi connectivity index (χ2v) is 3.88. The van der Waals surface area contributed by atoms with Gasteiger partial charge >= 0.3 is 0 Å². The number of Topliss-reactive ketones (excluding diaryl/α,β-unsaturated/α-hetero) is 1. The SMILES string of the molecule is C#CCC(=O)CCCc1cccs1. The number of hydrogen-bond acceptors (Lipinski definition) is 2. The van der Waals surface area contributed by atoms with Gasteiger partial charge in [0, 0.05) is 11.3 Å². The van der Waals surface area contributed by atoms with E-state index >= 15 is 0 Å². The number of rotatable bonds is 5. The second kappa shape index (κ2) is 5.55. The van der Waals surface area contributed by atoms with Crippen LogP contribution in [-0.2, 0) is 11.2 Å². The van der Waals surface area contributed by atoms with Crippen molar-refractivity contribution in [3.63, 3.8) is 0 Å². The maximum Gasteiger partial charge on any atom is 0.144 e. The Morgan fingerprint density at radius 2 is 2.46 bits per heavy atom. The van der Waals surface area contributed by atoms with E-state index in [1.165, 1.54) is 4.88 Å². The summed E-state index contributed by atoms with van der Waals surface area (Å²) in [6.07, 6.45) is 7.83. The number of ketones is 1. The van der Waals surface area contributed by atoms with Crippen LogP contribution in [0.4, 0.5) is 0 Å². The average Bonchev–Trinajstić information content (AvgIpc) is 2.57. The molecule has 0 spiro atoms. The smallest absolute Gasteiger partial charge is 0.144 e. The minimum Gasteiger partial charge on any atom is -0.299 e. The fourth-order valence-corrected chi connectivity index (χ4v) is 1.87. The van der Waals surface area contributed by atoms with Crippen LogP contribution >= 0.6 is 11.3 Å². The van der Waals surface area contributed by atoms with Crippen molar-refractivity contribution < 1.29 is 4.79 Å². The van der Waals surface area contributed by atoms with Crippen LogP contribution in [0.3, 0.4) is 0 Å². The lowest BCUT2D eigenvalue weighted by Crippen LogP contribution is -1.96. The Balaban J connectivity index is 2.15. The van der Waals surface area contributed by atoms with Crippen LogP contribution in [0.25, 0.3) is 0 Å². The molecule has 0 unspecified atom stereocenters. The summed E-state index contributed by atoms with van der Waals surface area (Å²) in [5.41, 5.74) is 0. The van der Waals surface area contributed by atoms with Gasteiger partial charge in [-0.3, -0.25) is 4.79 Å². The van der Waals surface area contributed by atoms with E-state index in [1.54, 1.807) is 11.3 Å². The Morgan fingerprint density at radius 1 is 1.62 bits per heavy atom. The van der Waals surface area contributed by atoms with Crippen molar-refractivity contribution in [1.29, 1.82) is 0 Å². The van der Waals surface area contributed by atoms with Crippen LogP contribution in [0.5, 0.6) is 0 Å². The predicted octanol–water partition coefficient (Wildman–Crippen LogP) is 2.66. The van der Waals surface area contributed by atoms with Gasteiger partial charge in [-0.15, -0.1) is 17.8 Å². The Kier molecular flexibility index (Phi) is 4.28. The average molecular weight is 192 g/mol. The lowest BCUT2D eigenvalue weighted by atomic mass is 10.1. The molecule has 68 valence electrons. The van der Waals surface area contributed by atoms with Crippen LogP contribution in [0, 0.1) is 12.3 Å². The monoisotopic (exact) mass is 192 g/mol. The highest BCUT2D eigenvalue weighted by atomic mass is 32.1. The van der Waals surface area contributed by atoms with Crippen molar-refractivity contribution in [1.82, 2.24) is 0 Å². The Hall–Kier alpha value is -1.07. The fraction of sp³-hybridized carbons (Fsp3) is 0.364. The van der Waals surface area contributed by atoms with E-state index in [9.17, 15) is 4.79 Å². The Labute approximate surface area is 82.8 Å². The molecule has 0 radical (unpaired) electrons.